The van der Waals surface area contributed by atoms with Gasteiger partial charge in [-0.15, -0.1) is 0 Å². The molecule has 0 aromatic heterocycles. The molecular formula is C23H33NO7. The Morgan fingerprint density at radius 2 is 1.61 bits per heavy atom. The first kappa shape index (κ1) is 23.2. The molecule has 1 aliphatic heterocycles. The molecule has 8 heteroatoms. The Morgan fingerprint density at radius 3 is 2.03 bits per heavy atom. The summed E-state index contributed by atoms with van der Waals surface area (Å²) in [7, 11) is 4.43. The number of carboxylic acids is 1. The van der Waals surface area contributed by atoms with E-state index in [1.807, 2.05) is 0 Å². The molecule has 1 heterocycles. The monoisotopic (exact) mass is 435 g/mol. The molecule has 3 rings (SSSR count). The Balaban J connectivity index is 1.99. The standard InChI is InChI=1S/C23H33NO7/c1-22(2,3)15-7-9-23(10-8-15)24(16(13-31-23)21(26)27)20(25)14-11-17(28-4)19(30-6)18(12-14)29-5/h11-12,15-16H,7-10,13H2,1-6H3,(H,26,27)/t15?,16-,23?/m0/s1. The number of hydrogen-bond donors (Lipinski definition) is 1. The minimum atomic E-state index is -1.07. The third-order valence-corrected chi connectivity index (χ3v) is 6.67. The highest BCUT2D eigenvalue weighted by atomic mass is 16.5. The van der Waals surface area contributed by atoms with Crippen molar-refractivity contribution < 1.29 is 33.6 Å². The predicted octanol–water partition coefficient (Wildman–Crippen LogP) is 3.57. The van der Waals surface area contributed by atoms with E-state index in [1.54, 1.807) is 12.1 Å². The number of ether oxygens (including phenoxy) is 4. The van der Waals surface area contributed by atoms with Crippen molar-refractivity contribution in [2.24, 2.45) is 11.3 Å². The number of rotatable bonds is 5. The lowest BCUT2D eigenvalue weighted by Gasteiger charge is -2.46. The highest BCUT2D eigenvalue weighted by Gasteiger charge is 2.55. The van der Waals surface area contributed by atoms with Crippen molar-refractivity contribution in [3.05, 3.63) is 17.7 Å². The average Bonchev–Trinajstić information content (AvgIpc) is 3.10. The number of hydrogen-bond acceptors (Lipinski definition) is 6. The first-order valence-electron chi connectivity index (χ1n) is 10.6. The molecule has 1 spiro atoms. The van der Waals surface area contributed by atoms with Crippen LogP contribution in [0.3, 0.4) is 0 Å². The molecule has 1 atom stereocenters. The molecular weight excluding hydrogens is 402 g/mol. The van der Waals surface area contributed by atoms with Gasteiger partial charge in [0.15, 0.2) is 17.5 Å². The summed E-state index contributed by atoms with van der Waals surface area (Å²) in [6, 6.07) is 2.06. The van der Waals surface area contributed by atoms with Crippen LogP contribution in [0.2, 0.25) is 0 Å². The first-order chi connectivity index (χ1) is 14.6. The zero-order valence-electron chi connectivity index (χ0n) is 19.2. The molecule has 2 aliphatic rings. The van der Waals surface area contributed by atoms with Gasteiger partial charge in [-0.05, 0) is 49.1 Å². The third kappa shape index (κ3) is 4.18. The van der Waals surface area contributed by atoms with Gasteiger partial charge in [0, 0.05) is 5.56 Å². The van der Waals surface area contributed by atoms with E-state index in [0.717, 1.165) is 12.8 Å². The normalized spacial score (nSPS) is 26.1. The number of methoxy groups -OCH3 is 3. The highest BCUT2D eigenvalue weighted by molar-refractivity contribution is 5.98. The second-order valence-corrected chi connectivity index (χ2v) is 9.34. The first-order valence-corrected chi connectivity index (χ1v) is 10.6. The number of carbonyl (C=O) groups excluding carboxylic acids is 1. The second-order valence-electron chi connectivity index (χ2n) is 9.34. The fourth-order valence-electron chi connectivity index (χ4n) is 4.83. The number of aliphatic carboxylic acids is 1. The van der Waals surface area contributed by atoms with Crippen molar-refractivity contribution in [3.8, 4) is 17.2 Å². The molecule has 1 N–H and O–H groups in total. The van der Waals surface area contributed by atoms with E-state index < -0.39 is 23.6 Å². The second kappa shape index (κ2) is 8.57. The largest absolute Gasteiger partial charge is 0.493 e. The van der Waals surface area contributed by atoms with Gasteiger partial charge in [0.2, 0.25) is 5.75 Å². The number of carboxylic acid groups (broad SMARTS) is 1. The maximum absolute atomic E-state index is 13.7. The van der Waals surface area contributed by atoms with Crippen molar-refractivity contribution >= 4 is 11.9 Å². The van der Waals surface area contributed by atoms with Crippen LogP contribution in [0.4, 0.5) is 0 Å². The summed E-state index contributed by atoms with van der Waals surface area (Å²) in [4.78, 5) is 27.1. The van der Waals surface area contributed by atoms with E-state index in [1.165, 1.54) is 26.2 Å². The van der Waals surface area contributed by atoms with E-state index in [9.17, 15) is 14.7 Å². The molecule has 1 saturated heterocycles. The Kier molecular flexibility index (Phi) is 6.41. The van der Waals surface area contributed by atoms with Crippen molar-refractivity contribution in [3.63, 3.8) is 0 Å². The number of amides is 1. The molecule has 0 bridgehead atoms. The van der Waals surface area contributed by atoms with Crippen LogP contribution in [0.1, 0.15) is 56.8 Å². The molecule has 1 aromatic carbocycles. The zero-order valence-corrected chi connectivity index (χ0v) is 19.2. The lowest BCUT2D eigenvalue weighted by Crippen LogP contribution is -2.55. The maximum atomic E-state index is 13.7. The topological polar surface area (TPSA) is 94.5 Å². The van der Waals surface area contributed by atoms with Gasteiger partial charge >= 0.3 is 5.97 Å². The Bertz CT molecular complexity index is 812. The van der Waals surface area contributed by atoms with Crippen LogP contribution in [-0.4, -0.2) is 61.6 Å². The molecule has 2 fully saturated rings. The summed E-state index contributed by atoms with van der Waals surface area (Å²) in [6.07, 6.45) is 2.95. The van der Waals surface area contributed by atoms with Crippen LogP contribution in [0.15, 0.2) is 12.1 Å². The van der Waals surface area contributed by atoms with E-state index in [4.69, 9.17) is 18.9 Å². The van der Waals surface area contributed by atoms with Gasteiger partial charge in [0.25, 0.3) is 5.91 Å². The predicted molar refractivity (Wildman–Crippen MR) is 114 cm³/mol. The summed E-state index contributed by atoms with van der Waals surface area (Å²) in [5.41, 5.74) is -0.496. The van der Waals surface area contributed by atoms with Crippen molar-refractivity contribution in [2.75, 3.05) is 27.9 Å². The fourth-order valence-corrected chi connectivity index (χ4v) is 4.83. The number of carbonyl (C=O) groups is 2. The minimum Gasteiger partial charge on any atom is -0.493 e. The summed E-state index contributed by atoms with van der Waals surface area (Å²) < 4.78 is 22.1. The van der Waals surface area contributed by atoms with E-state index in [0.29, 0.717) is 36.0 Å². The Labute approximate surface area is 183 Å². The van der Waals surface area contributed by atoms with Crippen LogP contribution >= 0.6 is 0 Å². The molecule has 172 valence electrons. The number of nitrogens with zero attached hydrogens (tertiary/aromatic N) is 1. The molecule has 0 radical (unpaired) electrons. The quantitative estimate of drug-likeness (QED) is 0.755. The molecule has 8 nitrogen and oxygen atoms in total. The van der Waals surface area contributed by atoms with Crippen molar-refractivity contribution in [2.45, 2.75) is 58.2 Å². The highest BCUT2D eigenvalue weighted by Crippen LogP contribution is 2.48. The van der Waals surface area contributed by atoms with Gasteiger partial charge in [-0.3, -0.25) is 9.69 Å². The van der Waals surface area contributed by atoms with Gasteiger partial charge in [0.1, 0.15) is 5.72 Å². The average molecular weight is 436 g/mol. The van der Waals surface area contributed by atoms with E-state index >= 15 is 0 Å². The molecule has 1 saturated carbocycles. The van der Waals surface area contributed by atoms with Crippen molar-refractivity contribution in [1.82, 2.24) is 4.90 Å². The van der Waals surface area contributed by atoms with Crippen LogP contribution in [-0.2, 0) is 9.53 Å². The minimum absolute atomic E-state index is 0.0221. The van der Waals surface area contributed by atoms with Crippen LogP contribution in [0, 0.1) is 11.3 Å². The molecule has 0 unspecified atom stereocenters. The Morgan fingerprint density at radius 1 is 1.06 bits per heavy atom. The smallest absolute Gasteiger partial charge is 0.328 e. The zero-order chi connectivity index (χ0) is 23.0. The van der Waals surface area contributed by atoms with Crippen LogP contribution < -0.4 is 14.2 Å². The molecule has 1 amide bonds. The van der Waals surface area contributed by atoms with Gasteiger partial charge in [0.05, 0.1) is 27.9 Å². The molecule has 31 heavy (non-hydrogen) atoms. The molecule has 1 aromatic rings. The molecule has 1 aliphatic carbocycles. The lowest BCUT2D eigenvalue weighted by atomic mass is 9.70. The third-order valence-electron chi connectivity index (χ3n) is 6.67. The van der Waals surface area contributed by atoms with Crippen LogP contribution in [0.5, 0.6) is 17.2 Å². The number of benzene rings is 1. The van der Waals surface area contributed by atoms with Gasteiger partial charge in [-0.1, -0.05) is 20.8 Å². The Hall–Kier alpha value is -2.48. The lowest BCUT2D eigenvalue weighted by molar-refractivity contribution is -0.144. The summed E-state index contributed by atoms with van der Waals surface area (Å²) >= 11 is 0. The summed E-state index contributed by atoms with van der Waals surface area (Å²) in [5, 5.41) is 9.82. The van der Waals surface area contributed by atoms with Gasteiger partial charge < -0.3 is 24.1 Å². The van der Waals surface area contributed by atoms with Crippen LogP contribution in [0.25, 0.3) is 0 Å². The fraction of sp³-hybridized carbons (Fsp3) is 0.652. The SMILES string of the molecule is COc1cc(C(=O)N2[C@H](C(=O)O)COC23CCC(C(C)(C)C)CC3)cc(OC)c1OC. The summed E-state index contributed by atoms with van der Waals surface area (Å²) in [5.74, 6) is 0.0393. The maximum Gasteiger partial charge on any atom is 0.328 e. The van der Waals surface area contributed by atoms with E-state index in [-0.39, 0.29) is 17.6 Å². The van der Waals surface area contributed by atoms with Gasteiger partial charge in [-0.2, -0.15) is 0 Å². The van der Waals surface area contributed by atoms with Gasteiger partial charge in [-0.25, -0.2) is 4.79 Å². The van der Waals surface area contributed by atoms with E-state index in [2.05, 4.69) is 20.8 Å². The summed E-state index contributed by atoms with van der Waals surface area (Å²) in [6.45, 7) is 6.61. The van der Waals surface area contributed by atoms with Crippen molar-refractivity contribution in [1.29, 1.82) is 0 Å².